The molecule has 1 heterocycles. The van der Waals surface area contributed by atoms with Crippen LogP contribution in [0.15, 0.2) is 40.6 Å². The van der Waals surface area contributed by atoms with Crippen LogP contribution in [0.3, 0.4) is 0 Å². The van der Waals surface area contributed by atoms with Crippen LogP contribution in [0.2, 0.25) is 5.02 Å². The van der Waals surface area contributed by atoms with E-state index < -0.39 is 0 Å². The highest BCUT2D eigenvalue weighted by Crippen LogP contribution is 2.26. The van der Waals surface area contributed by atoms with E-state index in [-0.39, 0.29) is 11.9 Å². The van der Waals surface area contributed by atoms with Crippen LogP contribution in [0, 0.1) is 0 Å². The van der Waals surface area contributed by atoms with Gasteiger partial charge in [0.05, 0.1) is 22.5 Å². The Balaban J connectivity index is 1.84. The number of thiophene rings is 1. The average molecular weight is 327 g/mol. The molecule has 0 aliphatic carbocycles. The van der Waals surface area contributed by atoms with Gasteiger partial charge in [-0.25, -0.2) is 0 Å². The summed E-state index contributed by atoms with van der Waals surface area (Å²) in [7, 11) is 0. The second-order valence-electron chi connectivity index (χ2n) is 4.28. The topological polar surface area (TPSA) is 55.1 Å². The summed E-state index contributed by atoms with van der Waals surface area (Å²) in [5, 5.41) is 5.49. The van der Waals surface area contributed by atoms with Gasteiger partial charge in [0.25, 0.3) is 0 Å². The predicted molar refractivity (Wildman–Crippen MR) is 87.5 cm³/mol. The second kappa shape index (κ2) is 7.02. The molecule has 0 saturated carbocycles. The number of benzene rings is 1. The van der Waals surface area contributed by atoms with E-state index in [2.05, 4.69) is 5.32 Å². The summed E-state index contributed by atoms with van der Waals surface area (Å²) in [6.07, 6.45) is 0. The Morgan fingerprint density at radius 3 is 2.95 bits per heavy atom. The Bertz CT molecular complexity index is 587. The summed E-state index contributed by atoms with van der Waals surface area (Å²) in [4.78, 5) is 14.0. The Kier molecular flexibility index (Phi) is 5.34. The van der Waals surface area contributed by atoms with Crippen LogP contribution >= 0.6 is 34.7 Å². The minimum atomic E-state index is 0.00356. The lowest BCUT2D eigenvalue weighted by molar-refractivity contribution is -0.119. The van der Waals surface area contributed by atoms with Gasteiger partial charge in [-0.15, -0.1) is 23.1 Å². The minimum absolute atomic E-state index is 0.00356. The van der Waals surface area contributed by atoms with Crippen molar-refractivity contribution in [1.29, 1.82) is 0 Å². The fourth-order valence-electron chi connectivity index (χ4n) is 1.64. The van der Waals surface area contributed by atoms with Gasteiger partial charge in [0.1, 0.15) is 0 Å². The van der Waals surface area contributed by atoms with Crippen molar-refractivity contribution in [3.63, 3.8) is 0 Å². The van der Waals surface area contributed by atoms with Gasteiger partial charge >= 0.3 is 0 Å². The first-order chi connectivity index (χ1) is 9.56. The lowest BCUT2D eigenvalue weighted by atomic mass is 10.3. The summed E-state index contributed by atoms with van der Waals surface area (Å²) in [6, 6.07) is 9.42. The number of nitrogens with one attached hydrogen (secondary N) is 1. The second-order valence-corrected chi connectivity index (χ2v) is 6.71. The average Bonchev–Trinajstić information content (AvgIpc) is 2.94. The molecule has 6 heteroatoms. The van der Waals surface area contributed by atoms with Crippen LogP contribution in [0.1, 0.15) is 17.8 Å². The number of hydrogen-bond acceptors (Lipinski definition) is 4. The molecule has 2 rings (SSSR count). The number of thioether (sulfide) groups is 1. The SMILES string of the molecule is CC(NC(=O)CSc1ccc(N)c(Cl)c1)c1cccs1. The fourth-order valence-corrected chi connectivity index (χ4v) is 3.36. The van der Waals surface area contributed by atoms with Crippen LogP contribution in [-0.2, 0) is 4.79 Å². The number of hydrogen-bond donors (Lipinski definition) is 2. The number of rotatable bonds is 5. The number of carbonyl (C=O) groups excluding carboxylic acids is 1. The molecule has 1 atom stereocenters. The van der Waals surface area contributed by atoms with Gasteiger partial charge in [-0.1, -0.05) is 17.7 Å². The normalized spacial score (nSPS) is 12.1. The first kappa shape index (κ1) is 15.2. The Morgan fingerprint density at radius 1 is 1.50 bits per heavy atom. The molecule has 0 aliphatic heterocycles. The Morgan fingerprint density at radius 2 is 2.30 bits per heavy atom. The van der Waals surface area contributed by atoms with Crippen LogP contribution in [0.25, 0.3) is 0 Å². The molecule has 3 nitrogen and oxygen atoms in total. The van der Waals surface area contributed by atoms with Crippen molar-refractivity contribution in [3.8, 4) is 0 Å². The molecule has 0 fully saturated rings. The number of carbonyl (C=O) groups is 1. The van der Waals surface area contributed by atoms with Gasteiger partial charge in [-0.2, -0.15) is 0 Å². The third-order valence-electron chi connectivity index (χ3n) is 2.69. The maximum atomic E-state index is 11.9. The van der Waals surface area contributed by atoms with Crippen molar-refractivity contribution >= 4 is 46.3 Å². The summed E-state index contributed by atoms with van der Waals surface area (Å²) >= 11 is 9.02. The number of amides is 1. The zero-order valence-electron chi connectivity index (χ0n) is 10.9. The first-order valence-corrected chi connectivity index (χ1v) is 8.31. The van der Waals surface area contributed by atoms with Crippen molar-refractivity contribution in [2.75, 3.05) is 11.5 Å². The van der Waals surface area contributed by atoms with Gasteiger partial charge in [-0.3, -0.25) is 4.79 Å². The molecule has 3 N–H and O–H groups in total. The highest BCUT2D eigenvalue weighted by molar-refractivity contribution is 8.00. The van der Waals surface area contributed by atoms with Gasteiger partial charge in [0, 0.05) is 9.77 Å². The molecular weight excluding hydrogens is 312 g/mol. The van der Waals surface area contributed by atoms with E-state index in [4.69, 9.17) is 17.3 Å². The number of nitrogens with two attached hydrogens (primary N) is 1. The fraction of sp³-hybridized carbons (Fsp3) is 0.214. The number of nitrogen functional groups attached to an aromatic ring is 1. The largest absolute Gasteiger partial charge is 0.398 e. The number of halogens is 1. The molecule has 0 saturated heterocycles. The monoisotopic (exact) mass is 326 g/mol. The minimum Gasteiger partial charge on any atom is -0.398 e. The van der Waals surface area contributed by atoms with Crippen LogP contribution < -0.4 is 11.1 Å². The first-order valence-electron chi connectivity index (χ1n) is 6.07. The summed E-state index contributed by atoms with van der Waals surface area (Å²) < 4.78 is 0. The van der Waals surface area contributed by atoms with E-state index in [0.29, 0.717) is 16.5 Å². The van der Waals surface area contributed by atoms with Gasteiger partial charge in [0.15, 0.2) is 0 Å². The Labute approximate surface area is 131 Å². The Hall–Kier alpha value is -1.17. The quantitative estimate of drug-likeness (QED) is 0.646. The summed E-state index contributed by atoms with van der Waals surface area (Å²) in [5.74, 6) is 0.361. The molecule has 1 unspecified atom stereocenters. The van der Waals surface area contributed by atoms with Gasteiger partial charge in [0.2, 0.25) is 5.91 Å². The van der Waals surface area contributed by atoms with Crippen LogP contribution in [0.4, 0.5) is 5.69 Å². The van der Waals surface area contributed by atoms with E-state index in [1.54, 1.807) is 23.5 Å². The molecule has 20 heavy (non-hydrogen) atoms. The highest BCUT2D eigenvalue weighted by atomic mass is 35.5. The zero-order valence-corrected chi connectivity index (χ0v) is 13.3. The molecule has 0 spiro atoms. The molecule has 0 bridgehead atoms. The maximum absolute atomic E-state index is 11.9. The van der Waals surface area contributed by atoms with Crippen LogP contribution in [0.5, 0.6) is 0 Å². The molecule has 0 aliphatic rings. The lowest BCUT2D eigenvalue weighted by Crippen LogP contribution is -2.27. The van der Waals surface area contributed by atoms with Crippen molar-refractivity contribution in [2.45, 2.75) is 17.9 Å². The molecule has 106 valence electrons. The molecule has 1 aromatic heterocycles. The maximum Gasteiger partial charge on any atom is 0.230 e. The van der Waals surface area contributed by atoms with Gasteiger partial charge < -0.3 is 11.1 Å². The third kappa shape index (κ3) is 4.16. The van der Waals surface area contributed by atoms with Crippen molar-refractivity contribution in [3.05, 3.63) is 45.6 Å². The molecule has 0 radical (unpaired) electrons. The molecule has 1 aromatic carbocycles. The zero-order chi connectivity index (χ0) is 14.5. The van der Waals surface area contributed by atoms with E-state index in [9.17, 15) is 4.79 Å². The van der Waals surface area contributed by atoms with Gasteiger partial charge in [-0.05, 0) is 36.6 Å². The van der Waals surface area contributed by atoms with Crippen molar-refractivity contribution < 1.29 is 4.79 Å². The summed E-state index contributed by atoms with van der Waals surface area (Å²) in [5.41, 5.74) is 6.19. The molecule has 2 aromatic rings. The smallest absolute Gasteiger partial charge is 0.230 e. The van der Waals surface area contributed by atoms with E-state index in [1.165, 1.54) is 11.8 Å². The van der Waals surface area contributed by atoms with Crippen molar-refractivity contribution in [2.24, 2.45) is 0 Å². The van der Waals surface area contributed by atoms with Crippen LogP contribution in [-0.4, -0.2) is 11.7 Å². The standard InChI is InChI=1S/C14H15ClN2OS2/c1-9(13-3-2-6-19-13)17-14(18)8-20-10-4-5-12(16)11(15)7-10/h2-7,9H,8,16H2,1H3,(H,17,18). The lowest BCUT2D eigenvalue weighted by Gasteiger charge is -2.12. The summed E-state index contributed by atoms with van der Waals surface area (Å²) in [6.45, 7) is 1.98. The van der Waals surface area contributed by atoms with E-state index in [1.807, 2.05) is 30.5 Å². The predicted octanol–water partition coefficient (Wildman–Crippen LogP) is 3.95. The highest BCUT2D eigenvalue weighted by Gasteiger charge is 2.10. The van der Waals surface area contributed by atoms with E-state index >= 15 is 0 Å². The van der Waals surface area contributed by atoms with E-state index in [0.717, 1.165) is 9.77 Å². The molecular formula is C14H15ClN2OS2. The van der Waals surface area contributed by atoms with Crippen molar-refractivity contribution in [1.82, 2.24) is 5.32 Å². The number of anilines is 1. The third-order valence-corrected chi connectivity index (χ3v) is 5.07. The molecule has 1 amide bonds.